The Hall–Kier alpha value is -1.69. The Morgan fingerprint density at radius 3 is 2.50 bits per heavy atom. The molecule has 0 bridgehead atoms. The minimum absolute atomic E-state index is 0. The van der Waals surface area contributed by atoms with Crippen molar-refractivity contribution < 1.29 is 15.7 Å². The zero-order valence-corrected chi connectivity index (χ0v) is 10.1. The van der Waals surface area contributed by atoms with E-state index in [9.17, 15) is 0 Å². The van der Waals surface area contributed by atoms with Crippen molar-refractivity contribution >= 4 is 16.6 Å². The van der Waals surface area contributed by atoms with Crippen molar-refractivity contribution in [3.63, 3.8) is 0 Å². The number of hydrogen-bond acceptors (Lipinski definition) is 3. The van der Waals surface area contributed by atoms with Crippen LogP contribution in [-0.4, -0.2) is 42.2 Å². The number of hydrogen-bond donors (Lipinski definition) is 0. The number of fused-ring (bicyclic) bond motifs is 1. The molecule has 5 nitrogen and oxygen atoms in total. The molecule has 0 radical (unpaired) electrons. The second-order valence-corrected chi connectivity index (χ2v) is 3.96. The number of morpholine rings is 1. The van der Waals surface area contributed by atoms with E-state index in [1.165, 1.54) is 10.8 Å². The minimum atomic E-state index is 0. The van der Waals surface area contributed by atoms with Crippen LogP contribution in [0.15, 0.2) is 36.5 Å². The van der Waals surface area contributed by atoms with Crippen LogP contribution in [0.5, 0.6) is 0 Å². The Labute approximate surface area is 106 Å². The zero-order chi connectivity index (χ0) is 10.8. The molecule has 3 rings (SSSR count). The van der Waals surface area contributed by atoms with E-state index in [-0.39, 0.29) is 11.0 Å². The van der Waals surface area contributed by atoms with Crippen LogP contribution in [0.25, 0.3) is 10.8 Å². The normalized spacial score (nSPS) is 14.8. The van der Waals surface area contributed by atoms with Gasteiger partial charge in [0.05, 0.1) is 13.2 Å². The maximum atomic E-state index is 5.36. The molecule has 0 amide bonds. The van der Waals surface area contributed by atoms with E-state index in [2.05, 4.69) is 40.2 Å². The fourth-order valence-electron chi connectivity index (χ4n) is 2.13. The number of aromatic nitrogens is 1. The molecule has 0 unspecified atom stereocenters. The first-order chi connectivity index (χ1) is 7.95. The summed E-state index contributed by atoms with van der Waals surface area (Å²) in [5.41, 5.74) is 0. The Bertz CT molecular complexity index is 493. The van der Waals surface area contributed by atoms with Gasteiger partial charge in [0.15, 0.2) is 0 Å². The summed E-state index contributed by atoms with van der Waals surface area (Å²) in [7, 11) is 0. The van der Waals surface area contributed by atoms with Gasteiger partial charge in [0.1, 0.15) is 5.82 Å². The molecule has 1 fully saturated rings. The van der Waals surface area contributed by atoms with Crippen LogP contribution in [0.1, 0.15) is 0 Å². The predicted molar refractivity (Wildman–Crippen MR) is 72.0 cm³/mol. The van der Waals surface area contributed by atoms with E-state index < -0.39 is 0 Å². The highest BCUT2D eigenvalue weighted by Crippen LogP contribution is 2.24. The van der Waals surface area contributed by atoms with Gasteiger partial charge in [-0.05, 0) is 11.5 Å². The summed E-state index contributed by atoms with van der Waals surface area (Å²) in [5, 5.41) is 2.48. The van der Waals surface area contributed by atoms with Crippen molar-refractivity contribution in [3.05, 3.63) is 36.5 Å². The van der Waals surface area contributed by atoms with Gasteiger partial charge in [0.25, 0.3) is 0 Å². The molecule has 0 aliphatic carbocycles. The lowest BCUT2D eigenvalue weighted by Gasteiger charge is -2.28. The van der Waals surface area contributed by atoms with E-state index in [1.54, 1.807) is 0 Å². The molecular weight excluding hydrogens is 232 g/mol. The van der Waals surface area contributed by atoms with Gasteiger partial charge < -0.3 is 20.6 Å². The molecule has 5 heteroatoms. The van der Waals surface area contributed by atoms with E-state index in [4.69, 9.17) is 4.74 Å². The van der Waals surface area contributed by atoms with Gasteiger partial charge in [-0.3, -0.25) is 0 Å². The summed E-state index contributed by atoms with van der Waals surface area (Å²) in [6.07, 6.45) is 1.88. The molecule has 1 aromatic carbocycles. The fourth-order valence-corrected chi connectivity index (χ4v) is 2.13. The van der Waals surface area contributed by atoms with E-state index in [0.717, 1.165) is 32.1 Å². The number of ether oxygens (including phenoxy) is 1. The van der Waals surface area contributed by atoms with Crippen LogP contribution in [0, 0.1) is 0 Å². The van der Waals surface area contributed by atoms with E-state index >= 15 is 0 Å². The Kier molecular flexibility index (Phi) is 5.03. The first kappa shape index (κ1) is 14.4. The molecule has 98 valence electrons. The molecule has 1 saturated heterocycles. The number of nitrogens with zero attached hydrogens (tertiary/aromatic N) is 2. The molecule has 18 heavy (non-hydrogen) atoms. The molecule has 0 atom stereocenters. The third-order valence-electron chi connectivity index (χ3n) is 2.96. The molecule has 1 aliphatic heterocycles. The molecule has 0 spiro atoms. The summed E-state index contributed by atoms with van der Waals surface area (Å²) < 4.78 is 5.36. The van der Waals surface area contributed by atoms with Crippen LogP contribution in [0.3, 0.4) is 0 Å². The highest BCUT2D eigenvalue weighted by atomic mass is 16.5. The highest BCUT2D eigenvalue weighted by molar-refractivity contribution is 5.92. The Balaban J connectivity index is 0.000000810. The molecule has 2 heterocycles. The number of benzene rings is 1. The molecular formula is C13H18N2O3. The van der Waals surface area contributed by atoms with Crippen LogP contribution < -0.4 is 4.90 Å². The zero-order valence-electron chi connectivity index (χ0n) is 10.1. The molecule has 1 aliphatic rings. The van der Waals surface area contributed by atoms with Crippen molar-refractivity contribution in [2.24, 2.45) is 0 Å². The van der Waals surface area contributed by atoms with Gasteiger partial charge in [-0.15, -0.1) is 0 Å². The number of rotatable bonds is 1. The average Bonchev–Trinajstić information content (AvgIpc) is 2.39. The van der Waals surface area contributed by atoms with Crippen molar-refractivity contribution in [3.8, 4) is 0 Å². The van der Waals surface area contributed by atoms with Crippen molar-refractivity contribution in [1.82, 2.24) is 4.98 Å². The maximum absolute atomic E-state index is 5.36. The van der Waals surface area contributed by atoms with Crippen LogP contribution in [-0.2, 0) is 4.74 Å². The molecule has 2 aromatic rings. The van der Waals surface area contributed by atoms with Gasteiger partial charge in [-0.1, -0.05) is 24.3 Å². The summed E-state index contributed by atoms with van der Waals surface area (Å²) in [6.45, 7) is 3.46. The van der Waals surface area contributed by atoms with E-state index in [1.807, 2.05) is 6.20 Å². The quantitative estimate of drug-likeness (QED) is 0.734. The van der Waals surface area contributed by atoms with Crippen molar-refractivity contribution in [2.45, 2.75) is 0 Å². The van der Waals surface area contributed by atoms with Crippen molar-refractivity contribution in [1.29, 1.82) is 0 Å². The van der Waals surface area contributed by atoms with Gasteiger partial charge in [-0.25, -0.2) is 4.98 Å². The largest absolute Gasteiger partial charge is 0.412 e. The summed E-state index contributed by atoms with van der Waals surface area (Å²) in [4.78, 5) is 6.80. The Morgan fingerprint density at radius 1 is 1.00 bits per heavy atom. The minimum Gasteiger partial charge on any atom is -0.412 e. The van der Waals surface area contributed by atoms with Gasteiger partial charge in [0.2, 0.25) is 0 Å². The van der Waals surface area contributed by atoms with Crippen LogP contribution >= 0.6 is 0 Å². The van der Waals surface area contributed by atoms with E-state index in [0.29, 0.717) is 0 Å². The summed E-state index contributed by atoms with van der Waals surface area (Å²) >= 11 is 0. The van der Waals surface area contributed by atoms with Crippen LogP contribution in [0.4, 0.5) is 5.82 Å². The predicted octanol–water partition coefficient (Wildman–Crippen LogP) is 0.422. The van der Waals surface area contributed by atoms with Gasteiger partial charge in [-0.2, -0.15) is 0 Å². The molecule has 0 saturated carbocycles. The molecule has 1 aromatic heterocycles. The van der Waals surface area contributed by atoms with Crippen LogP contribution in [0.2, 0.25) is 0 Å². The first-order valence-electron chi connectivity index (χ1n) is 5.61. The molecule has 4 N–H and O–H groups in total. The number of anilines is 1. The van der Waals surface area contributed by atoms with Gasteiger partial charge in [0, 0.05) is 24.7 Å². The SMILES string of the molecule is O.O.c1ccc2c(N3CCOCC3)nccc2c1. The second-order valence-electron chi connectivity index (χ2n) is 3.96. The summed E-state index contributed by atoms with van der Waals surface area (Å²) in [5.74, 6) is 1.08. The standard InChI is InChI=1S/C13H14N2O.2H2O/c1-2-4-12-11(3-1)5-6-14-13(12)15-7-9-16-10-8-15;;/h1-6H,7-10H2;2*1H2. The third-order valence-corrected chi connectivity index (χ3v) is 2.96. The van der Waals surface area contributed by atoms with Crippen molar-refractivity contribution in [2.75, 3.05) is 31.2 Å². The number of pyridine rings is 1. The second kappa shape index (κ2) is 6.30. The fraction of sp³-hybridized carbons (Fsp3) is 0.308. The lowest BCUT2D eigenvalue weighted by Crippen LogP contribution is -2.36. The Morgan fingerprint density at radius 2 is 1.72 bits per heavy atom. The lowest BCUT2D eigenvalue weighted by molar-refractivity contribution is 0.122. The smallest absolute Gasteiger partial charge is 0.136 e. The lowest BCUT2D eigenvalue weighted by atomic mass is 10.1. The maximum Gasteiger partial charge on any atom is 0.136 e. The topological polar surface area (TPSA) is 88.4 Å². The first-order valence-corrected chi connectivity index (χ1v) is 5.61. The third kappa shape index (κ3) is 2.59. The summed E-state index contributed by atoms with van der Waals surface area (Å²) in [6, 6.07) is 10.4. The van der Waals surface area contributed by atoms with Gasteiger partial charge >= 0.3 is 0 Å². The highest BCUT2D eigenvalue weighted by Gasteiger charge is 2.14. The monoisotopic (exact) mass is 250 g/mol. The average molecular weight is 250 g/mol.